The molecule has 0 aromatic carbocycles. The van der Waals surface area contributed by atoms with E-state index in [1.54, 1.807) is 11.3 Å². The highest BCUT2D eigenvalue weighted by molar-refractivity contribution is 9.10. The Labute approximate surface area is 129 Å². The van der Waals surface area contributed by atoms with Crippen LogP contribution in [0.25, 0.3) is 0 Å². The van der Waals surface area contributed by atoms with Crippen molar-refractivity contribution in [3.8, 4) is 0 Å². The lowest BCUT2D eigenvalue weighted by Gasteiger charge is -2.41. The molecule has 0 aliphatic heterocycles. The van der Waals surface area contributed by atoms with Crippen LogP contribution in [0.15, 0.2) is 15.9 Å². The van der Waals surface area contributed by atoms with Crippen LogP contribution in [0, 0.1) is 11.3 Å². The molecule has 1 aliphatic carbocycles. The first kappa shape index (κ1) is 15.5. The summed E-state index contributed by atoms with van der Waals surface area (Å²) in [7, 11) is 2.17. The van der Waals surface area contributed by atoms with Crippen molar-refractivity contribution < 1.29 is 5.11 Å². The molecule has 2 atom stereocenters. The van der Waals surface area contributed by atoms with Gasteiger partial charge in [-0.1, -0.05) is 19.8 Å². The van der Waals surface area contributed by atoms with Gasteiger partial charge in [0.05, 0.1) is 0 Å². The van der Waals surface area contributed by atoms with Gasteiger partial charge in [-0.05, 0) is 47.8 Å². The molecule has 1 N–H and O–H groups in total. The number of hydrogen-bond acceptors (Lipinski definition) is 3. The molecule has 1 aliphatic rings. The quantitative estimate of drug-likeness (QED) is 0.867. The Hall–Kier alpha value is 0.1000. The lowest BCUT2D eigenvalue weighted by atomic mass is 9.70. The van der Waals surface area contributed by atoms with Crippen LogP contribution in [0.1, 0.15) is 37.5 Å². The molecular formula is C15H24BrNOS. The summed E-state index contributed by atoms with van der Waals surface area (Å²) in [6, 6.07) is 2.19. The fraction of sp³-hybridized carbons (Fsp3) is 0.733. The highest BCUT2D eigenvalue weighted by Gasteiger charge is 2.35. The first-order valence-corrected chi connectivity index (χ1v) is 8.72. The van der Waals surface area contributed by atoms with Gasteiger partial charge in [0.15, 0.2) is 0 Å². The van der Waals surface area contributed by atoms with Crippen LogP contribution in [0.3, 0.4) is 0 Å². The summed E-state index contributed by atoms with van der Waals surface area (Å²) in [5.74, 6) is 0.755. The van der Waals surface area contributed by atoms with E-state index in [0.29, 0.717) is 6.61 Å². The van der Waals surface area contributed by atoms with Gasteiger partial charge in [-0.2, -0.15) is 0 Å². The zero-order valence-electron chi connectivity index (χ0n) is 11.9. The molecule has 0 bridgehead atoms. The van der Waals surface area contributed by atoms with E-state index in [-0.39, 0.29) is 5.41 Å². The van der Waals surface area contributed by atoms with Crippen molar-refractivity contribution in [1.29, 1.82) is 0 Å². The molecule has 2 nitrogen and oxygen atoms in total. The highest BCUT2D eigenvalue weighted by atomic mass is 79.9. The van der Waals surface area contributed by atoms with Crippen LogP contribution in [-0.4, -0.2) is 30.2 Å². The van der Waals surface area contributed by atoms with Crippen molar-refractivity contribution >= 4 is 27.3 Å². The molecular weight excluding hydrogens is 322 g/mol. The maximum absolute atomic E-state index is 9.85. The number of halogens is 1. The van der Waals surface area contributed by atoms with Crippen molar-refractivity contribution in [3.05, 3.63) is 20.8 Å². The van der Waals surface area contributed by atoms with Crippen molar-refractivity contribution in [2.45, 2.75) is 39.2 Å². The monoisotopic (exact) mass is 345 g/mol. The van der Waals surface area contributed by atoms with Crippen LogP contribution in [-0.2, 0) is 6.54 Å². The fourth-order valence-electron chi connectivity index (χ4n) is 3.44. The Balaban J connectivity index is 1.93. The largest absolute Gasteiger partial charge is 0.396 e. The van der Waals surface area contributed by atoms with E-state index < -0.39 is 0 Å². The smallest absolute Gasteiger partial charge is 0.0499 e. The summed E-state index contributed by atoms with van der Waals surface area (Å²) in [4.78, 5) is 3.75. The van der Waals surface area contributed by atoms with Gasteiger partial charge in [0.25, 0.3) is 0 Å². The van der Waals surface area contributed by atoms with Gasteiger partial charge in [-0.3, -0.25) is 0 Å². The van der Waals surface area contributed by atoms with Crippen LogP contribution >= 0.6 is 27.3 Å². The molecule has 0 saturated heterocycles. The second-order valence-electron chi connectivity index (χ2n) is 6.26. The number of aliphatic hydroxyl groups excluding tert-OH is 1. The Morgan fingerprint density at radius 2 is 2.37 bits per heavy atom. The van der Waals surface area contributed by atoms with Crippen LogP contribution < -0.4 is 0 Å². The van der Waals surface area contributed by atoms with E-state index in [1.807, 2.05) is 0 Å². The molecule has 0 amide bonds. The van der Waals surface area contributed by atoms with Crippen LogP contribution in [0.5, 0.6) is 0 Å². The minimum absolute atomic E-state index is 0.126. The molecule has 1 fully saturated rings. The number of nitrogens with zero attached hydrogens (tertiary/aromatic N) is 1. The van der Waals surface area contributed by atoms with Crippen LogP contribution in [0.2, 0.25) is 0 Å². The predicted molar refractivity (Wildman–Crippen MR) is 85.5 cm³/mol. The van der Waals surface area contributed by atoms with E-state index in [1.165, 1.54) is 35.0 Å². The Kier molecular flexibility index (Phi) is 5.46. The summed E-state index contributed by atoms with van der Waals surface area (Å²) < 4.78 is 1.17. The third kappa shape index (κ3) is 4.28. The predicted octanol–water partition coefficient (Wildman–Crippen LogP) is 4.13. The zero-order valence-corrected chi connectivity index (χ0v) is 14.3. The van der Waals surface area contributed by atoms with E-state index in [2.05, 4.69) is 46.2 Å². The molecule has 1 saturated carbocycles. The molecule has 2 unspecified atom stereocenters. The minimum Gasteiger partial charge on any atom is -0.396 e. The van der Waals surface area contributed by atoms with Gasteiger partial charge in [0, 0.05) is 39.8 Å². The first-order chi connectivity index (χ1) is 9.03. The maximum Gasteiger partial charge on any atom is 0.0499 e. The van der Waals surface area contributed by atoms with Gasteiger partial charge in [-0.15, -0.1) is 11.3 Å². The normalized spacial score (nSPS) is 27.9. The molecule has 108 valence electrons. The number of aliphatic hydroxyl groups is 1. The Bertz CT molecular complexity index is 409. The summed E-state index contributed by atoms with van der Waals surface area (Å²) in [6.45, 7) is 4.63. The standard InChI is InChI=1S/C15H24BrNOS/c1-12-4-3-5-15(7-12,11-18)10-17(2)8-14-6-13(16)9-19-14/h6,9,12,18H,3-5,7-8,10-11H2,1-2H3. The lowest BCUT2D eigenvalue weighted by molar-refractivity contribution is 0.0292. The second kappa shape index (κ2) is 6.70. The summed E-state index contributed by atoms with van der Waals surface area (Å²) in [5.41, 5.74) is 0.126. The van der Waals surface area contributed by atoms with E-state index >= 15 is 0 Å². The molecule has 19 heavy (non-hydrogen) atoms. The lowest BCUT2D eigenvalue weighted by Crippen LogP contribution is -2.41. The third-order valence-electron chi connectivity index (χ3n) is 4.17. The van der Waals surface area contributed by atoms with Gasteiger partial charge < -0.3 is 10.0 Å². The Morgan fingerprint density at radius 1 is 1.58 bits per heavy atom. The highest BCUT2D eigenvalue weighted by Crippen LogP contribution is 2.39. The van der Waals surface area contributed by atoms with Gasteiger partial charge in [-0.25, -0.2) is 0 Å². The topological polar surface area (TPSA) is 23.5 Å². The second-order valence-corrected chi connectivity index (χ2v) is 8.17. The average Bonchev–Trinajstić information content (AvgIpc) is 2.74. The molecule has 0 radical (unpaired) electrons. The van der Waals surface area contributed by atoms with Crippen molar-refractivity contribution in [1.82, 2.24) is 4.90 Å². The van der Waals surface area contributed by atoms with Crippen molar-refractivity contribution in [2.75, 3.05) is 20.2 Å². The van der Waals surface area contributed by atoms with Gasteiger partial charge in [0.2, 0.25) is 0 Å². The molecule has 0 spiro atoms. The van der Waals surface area contributed by atoms with E-state index in [9.17, 15) is 5.11 Å². The molecule has 1 heterocycles. The fourth-order valence-corrected chi connectivity index (χ4v) is 4.97. The van der Waals surface area contributed by atoms with E-state index in [0.717, 1.165) is 19.0 Å². The SMILES string of the molecule is CC1CCCC(CO)(CN(C)Cc2cc(Br)cs2)C1. The average molecular weight is 346 g/mol. The molecule has 2 rings (SSSR count). The molecule has 4 heteroatoms. The molecule has 1 aromatic heterocycles. The van der Waals surface area contributed by atoms with E-state index in [4.69, 9.17) is 0 Å². The molecule has 1 aromatic rings. The number of hydrogen-bond donors (Lipinski definition) is 1. The van der Waals surface area contributed by atoms with Crippen molar-refractivity contribution in [2.24, 2.45) is 11.3 Å². The summed E-state index contributed by atoms with van der Waals surface area (Å²) in [5, 5.41) is 12.0. The number of rotatable bonds is 5. The summed E-state index contributed by atoms with van der Waals surface area (Å²) in [6.07, 6.45) is 4.93. The first-order valence-electron chi connectivity index (χ1n) is 7.05. The third-order valence-corrected chi connectivity index (χ3v) is 5.86. The Morgan fingerprint density at radius 3 is 2.95 bits per heavy atom. The van der Waals surface area contributed by atoms with Crippen molar-refractivity contribution in [3.63, 3.8) is 0 Å². The minimum atomic E-state index is 0.126. The van der Waals surface area contributed by atoms with Gasteiger partial charge >= 0.3 is 0 Å². The zero-order chi connectivity index (χ0) is 13.9. The van der Waals surface area contributed by atoms with Crippen LogP contribution in [0.4, 0.5) is 0 Å². The maximum atomic E-state index is 9.85. The van der Waals surface area contributed by atoms with Gasteiger partial charge in [0.1, 0.15) is 0 Å². The summed E-state index contributed by atoms with van der Waals surface area (Å²) >= 11 is 5.30. The number of thiophene rings is 1.